The van der Waals surface area contributed by atoms with Crippen molar-refractivity contribution in [3.05, 3.63) is 69.3 Å². The van der Waals surface area contributed by atoms with Gasteiger partial charge < -0.3 is 10.4 Å². The summed E-state index contributed by atoms with van der Waals surface area (Å²) < 4.78 is 38.2. The summed E-state index contributed by atoms with van der Waals surface area (Å²) in [6.45, 7) is 0. The van der Waals surface area contributed by atoms with Crippen LogP contribution in [0, 0.1) is 10.1 Å². The smallest absolute Gasteiger partial charge is 0.390 e. The van der Waals surface area contributed by atoms with Crippen LogP contribution in [-0.4, -0.2) is 16.1 Å². The van der Waals surface area contributed by atoms with Gasteiger partial charge in [0.25, 0.3) is 5.69 Å². The van der Waals surface area contributed by atoms with Gasteiger partial charge in [-0.25, -0.2) is 0 Å². The molecule has 0 heterocycles. The number of benzene rings is 2. The summed E-state index contributed by atoms with van der Waals surface area (Å²) in [6.07, 6.45) is -5.10. The van der Waals surface area contributed by atoms with Gasteiger partial charge in [0.2, 0.25) is 0 Å². The minimum Gasteiger partial charge on any atom is -0.390 e. The molecule has 0 aliphatic heterocycles. The molecular weight excluding hydrogens is 325 g/mol. The van der Waals surface area contributed by atoms with Gasteiger partial charge in [-0.2, -0.15) is 13.2 Å². The Hall–Kier alpha value is -2.61. The van der Waals surface area contributed by atoms with Gasteiger partial charge in [0, 0.05) is 12.5 Å². The monoisotopic (exact) mass is 338 g/mol. The van der Waals surface area contributed by atoms with Crippen molar-refractivity contribution >= 4 is 11.4 Å². The Labute approximate surface area is 134 Å². The molecule has 1 aliphatic carbocycles. The van der Waals surface area contributed by atoms with Gasteiger partial charge in [0.15, 0.2) is 0 Å². The van der Waals surface area contributed by atoms with Gasteiger partial charge >= 0.3 is 6.18 Å². The highest BCUT2D eigenvalue weighted by atomic mass is 19.4. The van der Waals surface area contributed by atoms with E-state index in [1.165, 1.54) is 0 Å². The molecule has 5 nitrogen and oxygen atoms in total. The van der Waals surface area contributed by atoms with Crippen molar-refractivity contribution in [1.82, 2.24) is 0 Å². The van der Waals surface area contributed by atoms with Crippen LogP contribution in [0.1, 0.15) is 22.7 Å². The first-order chi connectivity index (χ1) is 11.3. The summed E-state index contributed by atoms with van der Waals surface area (Å²) >= 11 is 0. The number of fused-ring (bicyclic) bond motifs is 1. The lowest BCUT2D eigenvalue weighted by Gasteiger charge is -2.19. The zero-order valence-corrected chi connectivity index (χ0v) is 12.2. The summed E-state index contributed by atoms with van der Waals surface area (Å²) in [6, 6.07) is 8.88. The summed E-state index contributed by atoms with van der Waals surface area (Å²) in [5.74, 6) is 0. The topological polar surface area (TPSA) is 75.4 Å². The molecule has 0 saturated carbocycles. The predicted octanol–water partition coefficient (Wildman–Crippen LogP) is 3.68. The number of aliphatic hydroxyl groups is 1. The predicted molar refractivity (Wildman–Crippen MR) is 80.6 cm³/mol. The lowest BCUT2D eigenvalue weighted by Crippen LogP contribution is -2.21. The Bertz CT molecular complexity index is 792. The number of nitro groups is 1. The fraction of sp³-hybridized carbons (Fsp3) is 0.250. The SMILES string of the molecule is O=[N+]([O-])c1cc(C(F)(F)F)ccc1N[C@@H]1c2ccccc2C[C@@H]1O. The highest BCUT2D eigenvalue weighted by molar-refractivity contribution is 5.64. The van der Waals surface area contributed by atoms with E-state index < -0.39 is 34.5 Å². The molecule has 3 rings (SSSR count). The number of alkyl halides is 3. The maximum atomic E-state index is 12.7. The Kier molecular flexibility index (Phi) is 3.92. The van der Waals surface area contributed by atoms with Crippen molar-refractivity contribution in [1.29, 1.82) is 0 Å². The van der Waals surface area contributed by atoms with Gasteiger partial charge in [0.05, 0.1) is 22.6 Å². The van der Waals surface area contributed by atoms with Crippen molar-refractivity contribution < 1.29 is 23.2 Å². The maximum absolute atomic E-state index is 12.7. The van der Waals surface area contributed by atoms with E-state index in [2.05, 4.69) is 5.32 Å². The molecule has 24 heavy (non-hydrogen) atoms. The molecule has 0 bridgehead atoms. The van der Waals surface area contributed by atoms with E-state index in [0.717, 1.165) is 23.3 Å². The Morgan fingerprint density at radius 2 is 1.92 bits per heavy atom. The second-order valence-corrected chi connectivity index (χ2v) is 5.58. The summed E-state index contributed by atoms with van der Waals surface area (Å²) in [5.41, 5.74) is -0.154. The lowest BCUT2D eigenvalue weighted by molar-refractivity contribution is -0.384. The van der Waals surface area contributed by atoms with Crippen LogP contribution >= 0.6 is 0 Å². The third-order valence-corrected chi connectivity index (χ3v) is 4.04. The van der Waals surface area contributed by atoms with E-state index in [-0.39, 0.29) is 5.69 Å². The molecule has 2 atom stereocenters. The van der Waals surface area contributed by atoms with E-state index in [0.29, 0.717) is 12.5 Å². The lowest BCUT2D eigenvalue weighted by atomic mass is 10.1. The number of halogens is 3. The average Bonchev–Trinajstić information content (AvgIpc) is 2.82. The molecule has 2 aromatic rings. The number of nitrogens with zero attached hydrogens (tertiary/aromatic N) is 1. The molecule has 2 aromatic carbocycles. The Balaban J connectivity index is 1.97. The van der Waals surface area contributed by atoms with Crippen molar-refractivity contribution in [2.75, 3.05) is 5.32 Å². The molecule has 8 heteroatoms. The van der Waals surface area contributed by atoms with Gasteiger partial charge in [-0.3, -0.25) is 10.1 Å². The quantitative estimate of drug-likeness (QED) is 0.661. The summed E-state index contributed by atoms with van der Waals surface area (Å²) in [5, 5.41) is 24.1. The number of rotatable bonds is 3. The standard InChI is InChI=1S/C16H13F3N2O3/c17-16(18,19)10-5-6-12(13(8-10)21(23)24)20-15-11-4-2-1-3-9(11)7-14(15)22/h1-6,8,14-15,20,22H,7H2/t14-,15+/m0/s1. The molecule has 1 aliphatic rings. The largest absolute Gasteiger partial charge is 0.416 e. The Morgan fingerprint density at radius 1 is 1.21 bits per heavy atom. The second kappa shape index (κ2) is 5.79. The molecule has 0 fully saturated rings. The molecule has 0 spiro atoms. The van der Waals surface area contributed by atoms with Crippen LogP contribution in [0.4, 0.5) is 24.5 Å². The van der Waals surface area contributed by atoms with Crippen molar-refractivity contribution in [3.63, 3.8) is 0 Å². The van der Waals surface area contributed by atoms with Gasteiger partial charge in [-0.1, -0.05) is 24.3 Å². The van der Waals surface area contributed by atoms with E-state index in [1.54, 1.807) is 12.1 Å². The van der Waals surface area contributed by atoms with E-state index >= 15 is 0 Å². The molecular formula is C16H13F3N2O3. The highest BCUT2D eigenvalue weighted by Crippen LogP contribution is 2.39. The zero-order valence-electron chi connectivity index (χ0n) is 12.2. The first-order valence-corrected chi connectivity index (χ1v) is 7.15. The Morgan fingerprint density at radius 3 is 2.58 bits per heavy atom. The zero-order chi connectivity index (χ0) is 17.5. The third-order valence-electron chi connectivity index (χ3n) is 4.04. The van der Waals surface area contributed by atoms with Crippen molar-refractivity contribution in [2.45, 2.75) is 24.7 Å². The van der Waals surface area contributed by atoms with Crippen LogP contribution in [0.25, 0.3) is 0 Å². The van der Waals surface area contributed by atoms with Crippen molar-refractivity contribution in [3.8, 4) is 0 Å². The van der Waals surface area contributed by atoms with Crippen LogP contribution in [0.3, 0.4) is 0 Å². The first kappa shape index (κ1) is 16.3. The minimum absolute atomic E-state index is 0.0613. The molecule has 126 valence electrons. The second-order valence-electron chi connectivity index (χ2n) is 5.58. The van der Waals surface area contributed by atoms with Crippen LogP contribution in [-0.2, 0) is 12.6 Å². The molecule has 0 radical (unpaired) electrons. The van der Waals surface area contributed by atoms with Gasteiger partial charge in [-0.15, -0.1) is 0 Å². The van der Waals surface area contributed by atoms with Crippen LogP contribution in [0.15, 0.2) is 42.5 Å². The molecule has 0 unspecified atom stereocenters. The number of nitro benzene ring substituents is 1. The summed E-state index contributed by atoms with van der Waals surface area (Å²) in [7, 11) is 0. The summed E-state index contributed by atoms with van der Waals surface area (Å²) in [4.78, 5) is 10.3. The molecule has 0 saturated heterocycles. The van der Waals surface area contributed by atoms with Crippen LogP contribution in [0.2, 0.25) is 0 Å². The van der Waals surface area contributed by atoms with E-state index in [9.17, 15) is 28.4 Å². The number of anilines is 1. The van der Waals surface area contributed by atoms with E-state index in [4.69, 9.17) is 0 Å². The average molecular weight is 338 g/mol. The maximum Gasteiger partial charge on any atom is 0.416 e. The number of nitrogens with one attached hydrogen (secondary N) is 1. The fourth-order valence-corrected chi connectivity index (χ4v) is 2.90. The fourth-order valence-electron chi connectivity index (χ4n) is 2.90. The van der Waals surface area contributed by atoms with Gasteiger partial charge in [0.1, 0.15) is 5.69 Å². The highest BCUT2D eigenvalue weighted by Gasteiger charge is 2.35. The number of aliphatic hydroxyl groups excluding tert-OH is 1. The molecule has 0 amide bonds. The van der Waals surface area contributed by atoms with Crippen molar-refractivity contribution in [2.24, 2.45) is 0 Å². The molecule has 2 N–H and O–H groups in total. The number of hydrogen-bond donors (Lipinski definition) is 2. The van der Waals surface area contributed by atoms with Gasteiger partial charge in [-0.05, 0) is 23.3 Å². The third kappa shape index (κ3) is 2.92. The van der Waals surface area contributed by atoms with E-state index in [1.807, 2.05) is 12.1 Å². The first-order valence-electron chi connectivity index (χ1n) is 7.15. The minimum atomic E-state index is -4.66. The normalized spacial score (nSPS) is 19.8. The van der Waals surface area contributed by atoms with Crippen LogP contribution < -0.4 is 5.32 Å². The number of hydrogen-bond acceptors (Lipinski definition) is 4. The van der Waals surface area contributed by atoms with Crippen LogP contribution in [0.5, 0.6) is 0 Å². The molecule has 0 aromatic heterocycles.